The van der Waals surface area contributed by atoms with Crippen molar-refractivity contribution in [3.63, 3.8) is 0 Å². The number of carbonyl (C=O) groups is 1. The Bertz CT molecular complexity index is 1370. The fraction of sp³-hybridized carbons (Fsp3) is 0.190. The summed E-state index contributed by atoms with van der Waals surface area (Å²) in [4.78, 5) is 17.6. The first-order valence-electron chi connectivity index (χ1n) is 9.94. The SMILES string of the molecule is C=C(F)C(=O)N1CC(c2nn(-c3ccc(OC(F)(F)F)cc3)c3nccc(-n4cnnc4)c23)C1. The summed E-state index contributed by atoms with van der Waals surface area (Å²) < 4.78 is 57.9. The lowest BCUT2D eigenvalue weighted by molar-refractivity contribution is -0.274. The zero-order valence-electron chi connectivity index (χ0n) is 17.3. The fourth-order valence-corrected chi connectivity index (χ4v) is 3.84. The number of aromatic nitrogens is 6. The molecule has 1 aliphatic heterocycles. The minimum atomic E-state index is -4.80. The van der Waals surface area contributed by atoms with Crippen molar-refractivity contribution in [2.24, 2.45) is 0 Å². The highest BCUT2D eigenvalue weighted by Crippen LogP contribution is 2.36. The summed E-state index contributed by atoms with van der Waals surface area (Å²) in [5.74, 6) is -2.41. The topological polar surface area (TPSA) is 91.0 Å². The molecule has 0 radical (unpaired) electrons. The molecule has 174 valence electrons. The Morgan fingerprint density at radius 1 is 1.09 bits per heavy atom. The molecule has 5 rings (SSSR count). The predicted octanol–water partition coefficient (Wildman–Crippen LogP) is 3.31. The Hall–Kier alpha value is -4.29. The average Bonchev–Trinajstić information content (AvgIpc) is 3.41. The van der Waals surface area contributed by atoms with Crippen LogP contribution in [0.1, 0.15) is 11.6 Å². The van der Waals surface area contributed by atoms with E-state index < -0.39 is 18.1 Å². The normalized spacial score (nSPS) is 14.3. The van der Waals surface area contributed by atoms with Crippen LogP contribution in [-0.4, -0.2) is 59.8 Å². The van der Waals surface area contributed by atoms with E-state index in [2.05, 4.69) is 31.6 Å². The molecular formula is C21H15F4N7O2. The Kier molecular flexibility index (Phi) is 5.03. The molecule has 1 aromatic carbocycles. The monoisotopic (exact) mass is 473 g/mol. The second-order valence-electron chi connectivity index (χ2n) is 7.55. The van der Waals surface area contributed by atoms with Crippen molar-refractivity contribution >= 4 is 16.9 Å². The van der Waals surface area contributed by atoms with Crippen molar-refractivity contribution in [2.75, 3.05) is 13.1 Å². The molecule has 0 atom stereocenters. The first kappa shape index (κ1) is 21.6. The van der Waals surface area contributed by atoms with Crippen molar-refractivity contribution in [1.82, 2.24) is 34.4 Å². The van der Waals surface area contributed by atoms with E-state index in [1.54, 1.807) is 16.8 Å². The summed E-state index contributed by atoms with van der Waals surface area (Å²) in [6.45, 7) is 3.49. The smallest absolute Gasteiger partial charge is 0.406 e. The van der Waals surface area contributed by atoms with Crippen LogP contribution in [-0.2, 0) is 4.79 Å². The maximum atomic E-state index is 13.2. The number of nitrogens with zero attached hydrogens (tertiary/aromatic N) is 7. The standard InChI is InChI=1S/C21H15F4N7O2/c1-12(22)20(33)30-8-13(9-30)18-17-16(31-10-27-28-11-31)6-7-26-19(17)32(29-18)14-2-4-15(5-3-14)34-21(23,24)25/h2-7,10-11,13H,1,8-9H2. The van der Waals surface area contributed by atoms with Gasteiger partial charge in [-0.15, -0.1) is 23.4 Å². The highest BCUT2D eigenvalue weighted by Gasteiger charge is 2.37. The molecule has 0 spiro atoms. The first-order chi connectivity index (χ1) is 16.2. The predicted molar refractivity (Wildman–Crippen MR) is 110 cm³/mol. The number of carbonyl (C=O) groups excluding carboxylic acids is 1. The first-order valence-corrected chi connectivity index (χ1v) is 9.94. The van der Waals surface area contributed by atoms with Crippen LogP contribution in [0.4, 0.5) is 17.6 Å². The van der Waals surface area contributed by atoms with Crippen LogP contribution in [0, 0.1) is 0 Å². The van der Waals surface area contributed by atoms with Gasteiger partial charge in [0.05, 0.1) is 22.5 Å². The molecule has 1 saturated heterocycles. The van der Waals surface area contributed by atoms with E-state index in [0.29, 0.717) is 28.1 Å². The van der Waals surface area contributed by atoms with Crippen molar-refractivity contribution in [2.45, 2.75) is 12.3 Å². The molecule has 0 aliphatic carbocycles. The number of amides is 1. The van der Waals surface area contributed by atoms with Crippen LogP contribution < -0.4 is 4.74 Å². The molecular weight excluding hydrogens is 458 g/mol. The number of rotatable bonds is 5. The van der Waals surface area contributed by atoms with Crippen LogP contribution in [0.5, 0.6) is 5.75 Å². The molecule has 0 unspecified atom stereocenters. The van der Waals surface area contributed by atoms with E-state index in [-0.39, 0.29) is 24.8 Å². The van der Waals surface area contributed by atoms with Crippen molar-refractivity contribution in [3.8, 4) is 17.1 Å². The van der Waals surface area contributed by atoms with Gasteiger partial charge in [-0.3, -0.25) is 9.36 Å². The fourth-order valence-electron chi connectivity index (χ4n) is 3.84. The quantitative estimate of drug-likeness (QED) is 0.326. The number of pyridine rings is 1. The summed E-state index contributed by atoms with van der Waals surface area (Å²) in [6.07, 6.45) is -0.239. The van der Waals surface area contributed by atoms with Gasteiger partial charge in [0, 0.05) is 25.2 Å². The van der Waals surface area contributed by atoms with Crippen LogP contribution in [0.3, 0.4) is 0 Å². The van der Waals surface area contributed by atoms with Gasteiger partial charge in [0.25, 0.3) is 5.91 Å². The number of likely N-dealkylation sites (tertiary alicyclic amines) is 1. The molecule has 13 heteroatoms. The maximum Gasteiger partial charge on any atom is 0.573 e. The van der Waals surface area contributed by atoms with Crippen LogP contribution in [0.25, 0.3) is 22.4 Å². The number of fused-ring (bicyclic) bond motifs is 1. The van der Waals surface area contributed by atoms with E-state index >= 15 is 0 Å². The van der Waals surface area contributed by atoms with Crippen molar-refractivity contribution in [1.29, 1.82) is 0 Å². The van der Waals surface area contributed by atoms with Crippen molar-refractivity contribution < 1.29 is 27.1 Å². The number of hydrogen-bond donors (Lipinski definition) is 0. The highest BCUT2D eigenvalue weighted by molar-refractivity contribution is 5.92. The molecule has 9 nitrogen and oxygen atoms in total. The lowest BCUT2D eigenvalue weighted by Gasteiger charge is -2.38. The zero-order valence-corrected chi connectivity index (χ0v) is 17.3. The van der Waals surface area contributed by atoms with Gasteiger partial charge in [-0.05, 0) is 30.3 Å². The summed E-state index contributed by atoms with van der Waals surface area (Å²) in [5, 5.41) is 13.0. The van der Waals surface area contributed by atoms with Gasteiger partial charge >= 0.3 is 6.36 Å². The molecule has 1 aliphatic rings. The van der Waals surface area contributed by atoms with Gasteiger partial charge in [0.1, 0.15) is 18.4 Å². The lowest BCUT2D eigenvalue weighted by Crippen LogP contribution is -2.48. The molecule has 0 N–H and O–H groups in total. The minimum Gasteiger partial charge on any atom is -0.406 e. The van der Waals surface area contributed by atoms with Crippen LogP contribution in [0.2, 0.25) is 0 Å². The summed E-state index contributed by atoms with van der Waals surface area (Å²) >= 11 is 0. The number of hydrogen-bond acceptors (Lipinski definition) is 6. The highest BCUT2D eigenvalue weighted by atomic mass is 19.4. The van der Waals surface area contributed by atoms with Gasteiger partial charge in [-0.2, -0.15) is 5.10 Å². The van der Waals surface area contributed by atoms with Gasteiger partial charge in [0.15, 0.2) is 11.5 Å². The average molecular weight is 473 g/mol. The van der Waals surface area contributed by atoms with E-state index in [1.807, 2.05) is 0 Å². The van der Waals surface area contributed by atoms with Crippen LogP contribution >= 0.6 is 0 Å². The number of benzene rings is 1. The van der Waals surface area contributed by atoms with Gasteiger partial charge < -0.3 is 9.64 Å². The third-order valence-corrected chi connectivity index (χ3v) is 5.37. The molecule has 0 bridgehead atoms. The molecule has 4 heterocycles. The Labute approximate surface area is 188 Å². The molecule has 1 fully saturated rings. The second kappa shape index (κ2) is 7.93. The lowest BCUT2D eigenvalue weighted by atomic mass is 9.93. The summed E-state index contributed by atoms with van der Waals surface area (Å²) in [6, 6.07) is 6.95. The maximum absolute atomic E-state index is 13.2. The van der Waals surface area contributed by atoms with Gasteiger partial charge in [-0.25, -0.2) is 14.1 Å². The summed E-state index contributed by atoms with van der Waals surface area (Å²) in [5.41, 5.74) is 2.15. The molecule has 34 heavy (non-hydrogen) atoms. The Morgan fingerprint density at radius 3 is 2.38 bits per heavy atom. The largest absolute Gasteiger partial charge is 0.573 e. The van der Waals surface area contributed by atoms with Gasteiger partial charge in [-0.1, -0.05) is 6.58 Å². The number of ether oxygens (including phenoxy) is 1. The van der Waals surface area contributed by atoms with E-state index in [4.69, 9.17) is 0 Å². The third kappa shape index (κ3) is 3.84. The number of alkyl halides is 3. The van der Waals surface area contributed by atoms with E-state index in [1.165, 1.54) is 46.5 Å². The van der Waals surface area contributed by atoms with Crippen LogP contribution in [0.15, 0.2) is 61.6 Å². The molecule has 4 aromatic rings. The minimum absolute atomic E-state index is 0.223. The van der Waals surface area contributed by atoms with Crippen molar-refractivity contribution in [3.05, 3.63) is 67.3 Å². The number of halogens is 4. The summed E-state index contributed by atoms with van der Waals surface area (Å²) in [7, 11) is 0. The van der Waals surface area contributed by atoms with E-state index in [0.717, 1.165) is 0 Å². The zero-order chi connectivity index (χ0) is 24.0. The molecule has 0 saturated carbocycles. The third-order valence-electron chi connectivity index (χ3n) is 5.37. The Balaban J connectivity index is 1.58. The molecule has 1 amide bonds. The van der Waals surface area contributed by atoms with E-state index in [9.17, 15) is 22.4 Å². The second-order valence-corrected chi connectivity index (χ2v) is 7.55. The van der Waals surface area contributed by atoms with Gasteiger partial charge in [0.2, 0.25) is 0 Å². The Morgan fingerprint density at radius 2 is 1.76 bits per heavy atom. The molecule has 3 aromatic heterocycles.